The van der Waals surface area contributed by atoms with Crippen LogP contribution in [0.4, 0.5) is 0 Å². The molecule has 2 aromatic heterocycles. The number of thiazole rings is 1. The van der Waals surface area contributed by atoms with Gasteiger partial charge in [0.05, 0.1) is 23.4 Å². The summed E-state index contributed by atoms with van der Waals surface area (Å²) in [5.41, 5.74) is 3.67. The number of carbonyl (C=O) groups is 1. The highest BCUT2D eigenvalue weighted by atomic mass is 32.2. The Kier molecular flexibility index (Phi) is 3.80. The van der Waals surface area contributed by atoms with Crippen molar-refractivity contribution in [2.45, 2.75) is 13.0 Å². The van der Waals surface area contributed by atoms with Gasteiger partial charge in [0.15, 0.2) is 0 Å². The molecule has 2 aromatic rings. The summed E-state index contributed by atoms with van der Waals surface area (Å²) in [6.07, 6.45) is 3.85. The van der Waals surface area contributed by atoms with Gasteiger partial charge in [0.2, 0.25) is 0 Å². The quantitative estimate of drug-likeness (QED) is 0.853. The smallest absolute Gasteiger partial charge is 0.266 e. The topological polar surface area (TPSA) is 51.0 Å². The van der Waals surface area contributed by atoms with Crippen molar-refractivity contribution in [3.63, 3.8) is 0 Å². The number of rotatable bonds is 2. The molecule has 0 spiro atoms. The van der Waals surface area contributed by atoms with E-state index in [0.29, 0.717) is 0 Å². The van der Waals surface area contributed by atoms with Crippen LogP contribution in [-0.4, -0.2) is 43.6 Å². The maximum Gasteiger partial charge on any atom is 0.266 e. The average molecular weight is 308 g/mol. The molecule has 1 aliphatic heterocycles. The van der Waals surface area contributed by atoms with Crippen molar-refractivity contribution in [1.29, 1.82) is 0 Å². The van der Waals surface area contributed by atoms with Gasteiger partial charge in [0.25, 0.3) is 5.91 Å². The highest BCUT2D eigenvalue weighted by Crippen LogP contribution is 2.31. The Morgan fingerprint density at radius 3 is 3.00 bits per heavy atom. The van der Waals surface area contributed by atoms with Crippen molar-refractivity contribution in [2.24, 2.45) is 7.05 Å². The fourth-order valence-corrected chi connectivity index (χ4v) is 4.22. The van der Waals surface area contributed by atoms with Crippen molar-refractivity contribution in [1.82, 2.24) is 19.7 Å². The second-order valence-electron chi connectivity index (χ2n) is 4.80. The van der Waals surface area contributed by atoms with E-state index in [4.69, 9.17) is 0 Å². The lowest BCUT2D eigenvalue weighted by Crippen LogP contribution is -2.40. The number of nitrogens with zero attached hydrogens (tertiary/aromatic N) is 4. The number of carbonyl (C=O) groups excluding carboxylic acids is 1. The molecule has 1 unspecified atom stereocenters. The van der Waals surface area contributed by atoms with Gasteiger partial charge in [-0.1, -0.05) is 0 Å². The fourth-order valence-electron chi connectivity index (χ4n) is 2.37. The molecular formula is C13H16N4OS2. The predicted molar refractivity (Wildman–Crippen MR) is 81.2 cm³/mol. The van der Waals surface area contributed by atoms with Gasteiger partial charge >= 0.3 is 0 Å². The van der Waals surface area contributed by atoms with E-state index in [2.05, 4.69) is 10.1 Å². The normalized spacial score (nSPS) is 19.3. The van der Waals surface area contributed by atoms with Gasteiger partial charge in [-0.3, -0.25) is 9.48 Å². The summed E-state index contributed by atoms with van der Waals surface area (Å²) in [4.78, 5) is 19.6. The molecule has 0 bridgehead atoms. The lowest BCUT2D eigenvalue weighted by atomic mass is 10.1. The molecule has 0 N–H and O–H groups in total. The Balaban J connectivity index is 1.89. The van der Waals surface area contributed by atoms with Gasteiger partial charge in [0.1, 0.15) is 4.88 Å². The van der Waals surface area contributed by atoms with E-state index >= 15 is 0 Å². The van der Waals surface area contributed by atoms with Crippen LogP contribution in [0.2, 0.25) is 0 Å². The molecular weight excluding hydrogens is 292 g/mol. The van der Waals surface area contributed by atoms with Gasteiger partial charge in [-0.15, -0.1) is 11.3 Å². The summed E-state index contributed by atoms with van der Waals surface area (Å²) in [5, 5.41) is 4.23. The van der Waals surface area contributed by atoms with Crippen molar-refractivity contribution >= 4 is 29.0 Å². The Morgan fingerprint density at radius 1 is 1.50 bits per heavy atom. The summed E-state index contributed by atoms with van der Waals surface area (Å²) in [6.45, 7) is 2.67. The van der Waals surface area contributed by atoms with Gasteiger partial charge in [0, 0.05) is 36.9 Å². The molecule has 5 nitrogen and oxygen atoms in total. The average Bonchev–Trinajstić information content (AvgIpc) is 3.07. The molecule has 3 heterocycles. The Labute approximate surface area is 126 Å². The van der Waals surface area contributed by atoms with E-state index < -0.39 is 0 Å². The minimum atomic E-state index is 0.0964. The lowest BCUT2D eigenvalue weighted by molar-refractivity contribution is 0.0705. The van der Waals surface area contributed by atoms with Crippen LogP contribution in [0.3, 0.4) is 0 Å². The second-order valence-corrected chi connectivity index (χ2v) is 6.81. The van der Waals surface area contributed by atoms with Gasteiger partial charge in [-0.05, 0) is 6.92 Å². The van der Waals surface area contributed by atoms with Crippen molar-refractivity contribution in [3.05, 3.63) is 34.0 Å². The molecule has 1 amide bonds. The van der Waals surface area contributed by atoms with E-state index in [1.54, 1.807) is 10.2 Å². The highest BCUT2D eigenvalue weighted by Gasteiger charge is 2.31. The maximum atomic E-state index is 12.7. The number of thioether (sulfide) groups is 1. The van der Waals surface area contributed by atoms with Crippen LogP contribution in [0, 0.1) is 6.92 Å². The largest absolute Gasteiger partial charge is 0.329 e. The third kappa shape index (κ3) is 2.47. The number of hydrogen-bond donors (Lipinski definition) is 0. The first-order valence-electron chi connectivity index (χ1n) is 6.44. The van der Waals surface area contributed by atoms with Gasteiger partial charge < -0.3 is 4.90 Å². The van der Waals surface area contributed by atoms with Gasteiger partial charge in [-0.25, -0.2) is 4.98 Å². The molecule has 106 valence electrons. The summed E-state index contributed by atoms with van der Waals surface area (Å²) in [5.74, 6) is 2.01. The summed E-state index contributed by atoms with van der Waals surface area (Å²) in [6, 6.07) is 0.108. The molecule has 0 aliphatic carbocycles. The third-order valence-corrected chi connectivity index (χ3v) is 5.38. The standard InChI is InChI=1S/C13H16N4OS2/c1-9-12(20-8-14-9)13(18)17-3-4-19-7-11(17)10-5-15-16(2)6-10/h5-6,8,11H,3-4,7H2,1-2H3. The van der Waals surface area contributed by atoms with Crippen LogP contribution < -0.4 is 0 Å². The molecule has 1 aliphatic rings. The van der Waals surface area contributed by atoms with E-state index in [0.717, 1.165) is 34.2 Å². The summed E-state index contributed by atoms with van der Waals surface area (Å²) in [7, 11) is 1.90. The summed E-state index contributed by atoms with van der Waals surface area (Å²) < 4.78 is 1.79. The maximum absolute atomic E-state index is 12.7. The van der Waals surface area contributed by atoms with Crippen molar-refractivity contribution in [2.75, 3.05) is 18.1 Å². The monoisotopic (exact) mass is 308 g/mol. The Hall–Kier alpha value is -1.34. The van der Waals surface area contributed by atoms with E-state index in [-0.39, 0.29) is 11.9 Å². The minimum Gasteiger partial charge on any atom is -0.329 e. The zero-order valence-corrected chi connectivity index (χ0v) is 13.1. The first-order valence-corrected chi connectivity index (χ1v) is 8.47. The molecule has 3 rings (SSSR count). The van der Waals surface area contributed by atoms with Crippen LogP contribution in [0.5, 0.6) is 0 Å². The molecule has 1 fully saturated rings. The first kappa shape index (κ1) is 13.6. The van der Waals surface area contributed by atoms with Crippen LogP contribution in [0.1, 0.15) is 27.0 Å². The molecule has 7 heteroatoms. The first-order chi connectivity index (χ1) is 9.66. The SMILES string of the molecule is Cc1ncsc1C(=O)N1CCSCC1c1cnn(C)c1. The van der Waals surface area contributed by atoms with Crippen molar-refractivity contribution in [3.8, 4) is 0 Å². The predicted octanol–water partition coefficient (Wildman–Crippen LogP) is 2.12. The molecule has 0 aromatic carbocycles. The van der Waals surface area contributed by atoms with Crippen molar-refractivity contribution < 1.29 is 4.79 Å². The molecule has 1 atom stereocenters. The van der Waals surface area contributed by atoms with Crippen LogP contribution >= 0.6 is 23.1 Å². The molecule has 0 radical (unpaired) electrons. The van der Waals surface area contributed by atoms with E-state index in [1.165, 1.54) is 11.3 Å². The third-order valence-electron chi connectivity index (χ3n) is 3.44. The Morgan fingerprint density at radius 2 is 2.35 bits per heavy atom. The second kappa shape index (κ2) is 5.57. The van der Waals surface area contributed by atoms with Gasteiger partial charge in [-0.2, -0.15) is 16.9 Å². The number of hydrogen-bond acceptors (Lipinski definition) is 5. The fraction of sp³-hybridized carbons (Fsp3) is 0.462. The van der Waals surface area contributed by atoms with Crippen LogP contribution in [0.25, 0.3) is 0 Å². The summed E-state index contributed by atoms with van der Waals surface area (Å²) >= 11 is 3.31. The zero-order valence-electron chi connectivity index (χ0n) is 11.4. The van der Waals surface area contributed by atoms with Crippen LogP contribution in [-0.2, 0) is 7.05 Å². The molecule has 1 saturated heterocycles. The number of amides is 1. The molecule has 20 heavy (non-hydrogen) atoms. The lowest BCUT2D eigenvalue weighted by Gasteiger charge is -2.34. The Bertz CT molecular complexity index is 621. The minimum absolute atomic E-state index is 0.0964. The highest BCUT2D eigenvalue weighted by molar-refractivity contribution is 7.99. The number of aryl methyl sites for hydroxylation is 2. The molecule has 0 saturated carbocycles. The van der Waals surface area contributed by atoms with E-state index in [9.17, 15) is 4.79 Å². The van der Waals surface area contributed by atoms with Crippen LogP contribution in [0.15, 0.2) is 17.9 Å². The zero-order chi connectivity index (χ0) is 14.1. The number of aromatic nitrogens is 3. The van der Waals surface area contributed by atoms with E-state index in [1.807, 2.05) is 43.0 Å².